The predicted molar refractivity (Wildman–Crippen MR) is 84.9 cm³/mol. The predicted octanol–water partition coefficient (Wildman–Crippen LogP) is 3.32. The van der Waals surface area contributed by atoms with Gasteiger partial charge in [-0.2, -0.15) is 0 Å². The molecule has 6 nitrogen and oxygen atoms in total. The molecule has 23 heavy (non-hydrogen) atoms. The number of aromatic nitrogens is 1. The molecule has 0 N–H and O–H groups in total. The van der Waals surface area contributed by atoms with Crippen LogP contribution in [0.3, 0.4) is 0 Å². The van der Waals surface area contributed by atoms with Crippen LogP contribution in [0.4, 0.5) is 4.79 Å². The minimum absolute atomic E-state index is 0.161. The van der Waals surface area contributed by atoms with Crippen LogP contribution < -0.4 is 0 Å². The highest BCUT2D eigenvalue weighted by Crippen LogP contribution is 2.38. The number of rotatable bonds is 2. The lowest BCUT2D eigenvalue weighted by molar-refractivity contribution is 0.0124. The fraction of sp³-hybridized carbons (Fsp3) is 0.588. The van der Waals surface area contributed by atoms with Crippen LogP contribution in [0, 0.1) is 5.92 Å². The van der Waals surface area contributed by atoms with E-state index in [1.54, 1.807) is 11.0 Å². The van der Waals surface area contributed by atoms with Crippen LogP contribution in [0.15, 0.2) is 12.3 Å². The summed E-state index contributed by atoms with van der Waals surface area (Å²) in [6.07, 6.45) is 1.13. The summed E-state index contributed by atoms with van der Waals surface area (Å²) in [6.45, 7) is 9.97. The molecule has 0 saturated heterocycles. The van der Waals surface area contributed by atoms with Gasteiger partial charge < -0.3 is 9.47 Å². The molecule has 1 aromatic heterocycles. The van der Waals surface area contributed by atoms with Crippen molar-refractivity contribution in [2.45, 2.75) is 52.8 Å². The van der Waals surface area contributed by atoms with E-state index in [2.05, 4.69) is 4.98 Å². The number of nitrogens with zero attached hydrogens (tertiary/aromatic N) is 2. The molecule has 126 valence electrons. The minimum atomic E-state index is -0.558. The largest absolute Gasteiger partial charge is 0.465 e. The Bertz CT molecular complexity index is 620. The Morgan fingerprint density at radius 3 is 2.52 bits per heavy atom. The van der Waals surface area contributed by atoms with E-state index in [4.69, 9.17) is 9.47 Å². The third-order valence-corrected chi connectivity index (χ3v) is 3.64. The average molecular weight is 320 g/mol. The van der Waals surface area contributed by atoms with Crippen molar-refractivity contribution >= 4 is 12.1 Å². The van der Waals surface area contributed by atoms with Gasteiger partial charge in [-0.05, 0) is 38.3 Å². The first-order valence-corrected chi connectivity index (χ1v) is 7.70. The zero-order chi connectivity index (χ0) is 17.4. The van der Waals surface area contributed by atoms with Gasteiger partial charge in [0.2, 0.25) is 0 Å². The van der Waals surface area contributed by atoms with Crippen LogP contribution >= 0.6 is 0 Å². The quantitative estimate of drug-likeness (QED) is 0.782. The number of fused-ring (bicyclic) bond motifs is 1. The lowest BCUT2D eigenvalue weighted by Gasteiger charge is -2.30. The number of pyridine rings is 1. The number of carbonyl (C=O) groups excluding carboxylic acids is 2. The molecule has 6 heteroatoms. The molecule has 1 aliphatic heterocycles. The van der Waals surface area contributed by atoms with Gasteiger partial charge in [0, 0.05) is 6.20 Å². The lowest BCUT2D eigenvalue weighted by atomic mass is 10.00. The fourth-order valence-corrected chi connectivity index (χ4v) is 2.75. The lowest BCUT2D eigenvalue weighted by Crippen LogP contribution is -2.37. The molecule has 0 aromatic carbocycles. The molecular weight excluding hydrogens is 296 g/mol. The van der Waals surface area contributed by atoms with E-state index < -0.39 is 11.6 Å². The van der Waals surface area contributed by atoms with Gasteiger partial charge in [0.25, 0.3) is 0 Å². The van der Waals surface area contributed by atoms with E-state index in [0.717, 1.165) is 11.3 Å². The molecule has 0 radical (unpaired) electrons. The highest BCUT2D eigenvalue weighted by Gasteiger charge is 2.39. The maximum atomic E-state index is 12.5. The molecule has 0 saturated carbocycles. The van der Waals surface area contributed by atoms with E-state index in [1.165, 1.54) is 13.3 Å². The van der Waals surface area contributed by atoms with E-state index >= 15 is 0 Å². The summed E-state index contributed by atoms with van der Waals surface area (Å²) in [7, 11) is 1.33. The maximum Gasteiger partial charge on any atom is 0.411 e. The maximum absolute atomic E-state index is 12.5. The fourth-order valence-electron chi connectivity index (χ4n) is 2.75. The normalized spacial score (nSPS) is 17.2. The Balaban J connectivity index is 2.34. The van der Waals surface area contributed by atoms with Crippen molar-refractivity contribution in [1.82, 2.24) is 9.88 Å². The summed E-state index contributed by atoms with van der Waals surface area (Å²) >= 11 is 0. The smallest absolute Gasteiger partial charge is 0.411 e. The third-order valence-electron chi connectivity index (χ3n) is 3.64. The summed E-state index contributed by atoms with van der Waals surface area (Å²) in [6, 6.07) is 1.58. The summed E-state index contributed by atoms with van der Waals surface area (Å²) in [5, 5.41) is 0. The van der Waals surface area contributed by atoms with Crippen LogP contribution in [0.1, 0.15) is 62.3 Å². The molecule has 2 rings (SSSR count). The number of carbonyl (C=O) groups is 2. The van der Waals surface area contributed by atoms with Crippen molar-refractivity contribution < 1.29 is 19.1 Å². The van der Waals surface area contributed by atoms with Crippen LogP contribution in [0.5, 0.6) is 0 Å². The Labute approximate surface area is 136 Å². The van der Waals surface area contributed by atoms with Crippen LogP contribution in [0.2, 0.25) is 0 Å². The van der Waals surface area contributed by atoms with Crippen molar-refractivity contribution in [2.24, 2.45) is 5.92 Å². The minimum Gasteiger partial charge on any atom is -0.465 e. The average Bonchev–Trinajstić information content (AvgIpc) is 2.83. The second-order valence-electron chi connectivity index (χ2n) is 7.06. The third kappa shape index (κ3) is 3.63. The second kappa shape index (κ2) is 6.18. The molecule has 0 bridgehead atoms. The molecule has 1 aliphatic rings. The number of amides is 1. The molecule has 1 amide bonds. The van der Waals surface area contributed by atoms with E-state index in [1.807, 2.05) is 34.6 Å². The van der Waals surface area contributed by atoms with Crippen molar-refractivity contribution in [1.29, 1.82) is 0 Å². The van der Waals surface area contributed by atoms with Crippen molar-refractivity contribution in [3.63, 3.8) is 0 Å². The van der Waals surface area contributed by atoms with Gasteiger partial charge in [0.05, 0.1) is 31.0 Å². The van der Waals surface area contributed by atoms with Gasteiger partial charge in [-0.3, -0.25) is 9.88 Å². The number of methoxy groups -OCH3 is 1. The number of esters is 1. The number of ether oxygens (including phenoxy) is 2. The molecule has 1 atom stereocenters. The Kier molecular flexibility index (Phi) is 4.63. The first-order chi connectivity index (χ1) is 10.6. The van der Waals surface area contributed by atoms with Crippen molar-refractivity contribution in [3.8, 4) is 0 Å². The van der Waals surface area contributed by atoms with Crippen LogP contribution in [-0.4, -0.2) is 34.7 Å². The summed E-state index contributed by atoms with van der Waals surface area (Å²) in [5.74, 6) is -0.252. The topological polar surface area (TPSA) is 68.7 Å². The zero-order valence-corrected chi connectivity index (χ0v) is 14.5. The van der Waals surface area contributed by atoms with E-state index in [9.17, 15) is 9.59 Å². The molecule has 0 fully saturated rings. The van der Waals surface area contributed by atoms with E-state index in [-0.39, 0.29) is 18.1 Å². The molecule has 0 spiro atoms. The standard InChI is InChI=1S/C17H24N2O4/c1-10(2)14-13-12(7-11(8-18-13)15(20)22-6)9-19(14)16(21)23-17(3,4)5/h7-8,10,14H,9H2,1-6H3/t14-/m0/s1. The Morgan fingerprint density at radius 2 is 2.00 bits per heavy atom. The van der Waals surface area contributed by atoms with Gasteiger partial charge in [0.1, 0.15) is 5.60 Å². The first-order valence-electron chi connectivity index (χ1n) is 7.70. The number of hydrogen-bond donors (Lipinski definition) is 0. The SMILES string of the molecule is COC(=O)c1cnc2c(c1)CN(C(=O)OC(C)(C)C)[C@H]2C(C)C. The Morgan fingerprint density at radius 1 is 1.35 bits per heavy atom. The molecule has 1 aromatic rings. The molecular formula is C17H24N2O4. The summed E-state index contributed by atoms with van der Waals surface area (Å²) in [4.78, 5) is 30.3. The van der Waals surface area contributed by atoms with Crippen molar-refractivity contribution in [2.75, 3.05) is 7.11 Å². The highest BCUT2D eigenvalue weighted by molar-refractivity contribution is 5.89. The Hall–Kier alpha value is -2.11. The summed E-state index contributed by atoms with van der Waals surface area (Å²) < 4.78 is 10.2. The molecule has 2 heterocycles. The van der Waals surface area contributed by atoms with Crippen LogP contribution in [-0.2, 0) is 16.0 Å². The zero-order valence-electron chi connectivity index (χ0n) is 14.5. The van der Waals surface area contributed by atoms with Gasteiger partial charge in [-0.15, -0.1) is 0 Å². The first kappa shape index (κ1) is 17.2. The summed E-state index contributed by atoms with van der Waals surface area (Å²) in [5.41, 5.74) is 1.51. The second-order valence-corrected chi connectivity index (χ2v) is 7.06. The van der Waals surface area contributed by atoms with Crippen LogP contribution in [0.25, 0.3) is 0 Å². The van der Waals surface area contributed by atoms with Gasteiger partial charge in [0.15, 0.2) is 0 Å². The van der Waals surface area contributed by atoms with Gasteiger partial charge in [-0.25, -0.2) is 9.59 Å². The van der Waals surface area contributed by atoms with Gasteiger partial charge in [-0.1, -0.05) is 13.8 Å². The highest BCUT2D eigenvalue weighted by atomic mass is 16.6. The number of hydrogen-bond acceptors (Lipinski definition) is 5. The monoisotopic (exact) mass is 320 g/mol. The van der Waals surface area contributed by atoms with Crippen molar-refractivity contribution in [3.05, 3.63) is 29.1 Å². The van der Waals surface area contributed by atoms with E-state index in [0.29, 0.717) is 12.1 Å². The molecule has 0 unspecified atom stereocenters. The van der Waals surface area contributed by atoms with Gasteiger partial charge >= 0.3 is 12.1 Å². The molecule has 0 aliphatic carbocycles.